The van der Waals surface area contributed by atoms with Crippen LogP contribution in [0.1, 0.15) is 43.4 Å². The molecular formula is C23H28FN5O2. The average Bonchev–Trinajstić information content (AvgIpc) is 3.18. The van der Waals surface area contributed by atoms with Crippen molar-refractivity contribution in [2.75, 3.05) is 25.0 Å². The maximum atomic E-state index is 13.4. The van der Waals surface area contributed by atoms with Crippen molar-refractivity contribution in [3.05, 3.63) is 51.7 Å². The van der Waals surface area contributed by atoms with Crippen LogP contribution in [0.5, 0.6) is 0 Å². The van der Waals surface area contributed by atoms with E-state index in [2.05, 4.69) is 20.3 Å². The molecule has 0 spiro atoms. The Kier molecular flexibility index (Phi) is 5.72. The molecule has 1 fully saturated rings. The Morgan fingerprint density at radius 2 is 2.03 bits per heavy atom. The molecule has 0 saturated carbocycles. The van der Waals surface area contributed by atoms with Crippen molar-refractivity contribution < 1.29 is 8.81 Å². The second-order valence-corrected chi connectivity index (χ2v) is 8.58. The van der Waals surface area contributed by atoms with Crippen molar-refractivity contribution in [2.24, 2.45) is 0 Å². The van der Waals surface area contributed by atoms with Crippen LogP contribution in [-0.2, 0) is 19.4 Å². The van der Waals surface area contributed by atoms with E-state index < -0.39 is 0 Å². The van der Waals surface area contributed by atoms with Gasteiger partial charge in [0.1, 0.15) is 11.3 Å². The second-order valence-electron chi connectivity index (χ2n) is 8.58. The second kappa shape index (κ2) is 8.78. The minimum atomic E-state index is -0.322. The number of fused-ring (bicyclic) bond motifs is 2. The first-order valence-electron chi connectivity index (χ1n) is 11.3. The lowest BCUT2D eigenvalue weighted by Crippen LogP contribution is -2.45. The van der Waals surface area contributed by atoms with E-state index in [1.165, 1.54) is 18.6 Å². The van der Waals surface area contributed by atoms with Gasteiger partial charge in [-0.1, -0.05) is 6.42 Å². The number of benzene rings is 1. The quantitative estimate of drug-likeness (QED) is 0.653. The molecule has 1 atom stereocenters. The van der Waals surface area contributed by atoms with E-state index in [0.717, 1.165) is 62.9 Å². The van der Waals surface area contributed by atoms with Crippen LogP contribution in [-0.4, -0.2) is 45.3 Å². The minimum Gasteiger partial charge on any atom is -0.424 e. The van der Waals surface area contributed by atoms with Crippen molar-refractivity contribution in [3.63, 3.8) is 0 Å². The summed E-state index contributed by atoms with van der Waals surface area (Å²) in [5.41, 5.74) is 3.31. The normalized spacial score (nSPS) is 19.5. The van der Waals surface area contributed by atoms with Crippen molar-refractivity contribution in [1.29, 1.82) is 0 Å². The molecule has 0 radical (unpaired) electrons. The molecular weight excluding hydrogens is 397 g/mol. The molecule has 1 aliphatic heterocycles. The molecule has 1 saturated heterocycles. The van der Waals surface area contributed by atoms with Gasteiger partial charge < -0.3 is 9.73 Å². The number of hydrogen-bond donors (Lipinski definition) is 1. The monoisotopic (exact) mass is 425 g/mol. The van der Waals surface area contributed by atoms with Gasteiger partial charge in [0.2, 0.25) is 0 Å². The van der Waals surface area contributed by atoms with E-state index >= 15 is 0 Å². The molecule has 1 N–H and O–H groups in total. The highest BCUT2D eigenvalue weighted by molar-refractivity contribution is 5.74. The lowest BCUT2D eigenvalue weighted by molar-refractivity contribution is 0.147. The van der Waals surface area contributed by atoms with E-state index in [1.807, 2.05) is 0 Å². The van der Waals surface area contributed by atoms with E-state index in [0.29, 0.717) is 36.2 Å². The zero-order valence-electron chi connectivity index (χ0n) is 17.6. The van der Waals surface area contributed by atoms with Gasteiger partial charge in [0.15, 0.2) is 5.58 Å². The van der Waals surface area contributed by atoms with Crippen LogP contribution in [0.2, 0.25) is 0 Å². The molecule has 0 amide bonds. The number of oxazole rings is 1. The number of likely N-dealkylation sites (tertiary alicyclic amines) is 1. The number of anilines is 1. The first kappa shape index (κ1) is 20.2. The number of halogens is 1. The highest BCUT2D eigenvalue weighted by atomic mass is 19.1. The minimum absolute atomic E-state index is 0.00559. The number of aromatic nitrogens is 3. The molecule has 2 aliphatic rings. The SMILES string of the molecule is O=c1cc2c(nn1CCN1CCCCC1CNc1nc3cc(F)ccc3o1)CCCC2. The Bertz CT molecular complexity index is 1120. The fourth-order valence-corrected chi connectivity index (χ4v) is 4.75. The molecule has 3 aromatic rings. The molecule has 7 nitrogen and oxygen atoms in total. The summed E-state index contributed by atoms with van der Waals surface area (Å²) in [5, 5.41) is 7.93. The third-order valence-electron chi connectivity index (χ3n) is 6.46. The standard InChI is InChI=1S/C23H28FN5O2/c24-17-8-9-21-20(14-17)26-23(31-21)25-15-18-6-3-4-10-28(18)11-12-29-22(30)13-16-5-1-2-7-19(16)27-29/h8-9,13-14,18H,1-7,10-12,15H2,(H,25,26). The highest BCUT2D eigenvalue weighted by Gasteiger charge is 2.23. The van der Waals surface area contributed by atoms with Crippen LogP contribution in [0.3, 0.4) is 0 Å². The summed E-state index contributed by atoms with van der Waals surface area (Å²) in [4.78, 5) is 19.2. The largest absolute Gasteiger partial charge is 0.424 e. The lowest BCUT2D eigenvalue weighted by Gasteiger charge is -2.35. The van der Waals surface area contributed by atoms with Crippen molar-refractivity contribution in [2.45, 2.75) is 57.5 Å². The van der Waals surface area contributed by atoms with Gasteiger partial charge in [0, 0.05) is 31.3 Å². The Morgan fingerprint density at radius 3 is 2.97 bits per heavy atom. The summed E-state index contributed by atoms with van der Waals surface area (Å²) in [5.74, 6) is -0.322. The average molecular weight is 426 g/mol. The summed E-state index contributed by atoms with van der Waals surface area (Å²) >= 11 is 0. The van der Waals surface area contributed by atoms with Crippen LogP contribution < -0.4 is 10.9 Å². The molecule has 3 heterocycles. The zero-order chi connectivity index (χ0) is 21.2. The first-order valence-corrected chi connectivity index (χ1v) is 11.3. The van der Waals surface area contributed by atoms with E-state index in [9.17, 15) is 9.18 Å². The third kappa shape index (κ3) is 4.49. The number of nitrogens with one attached hydrogen (secondary N) is 1. The fraction of sp³-hybridized carbons (Fsp3) is 0.522. The summed E-state index contributed by atoms with van der Waals surface area (Å²) in [6.45, 7) is 3.09. The lowest BCUT2D eigenvalue weighted by atomic mass is 9.97. The van der Waals surface area contributed by atoms with Gasteiger partial charge in [-0.2, -0.15) is 10.1 Å². The van der Waals surface area contributed by atoms with E-state index in [1.54, 1.807) is 16.8 Å². The Balaban J connectivity index is 1.23. The van der Waals surface area contributed by atoms with Crippen molar-refractivity contribution >= 4 is 17.1 Å². The molecule has 164 valence electrons. The fourth-order valence-electron chi connectivity index (χ4n) is 4.75. The van der Waals surface area contributed by atoms with Gasteiger partial charge in [0.25, 0.3) is 11.6 Å². The van der Waals surface area contributed by atoms with Crippen LogP contribution in [0, 0.1) is 5.82 Å². The topological polar surface area (TPSA) is 76.2 Å². The summed E-state index contributed by atoms with van der Waals surface area (Å²) in [7, 11) is 0. The number of nitrogens with zero attached hydrogens (tertiary/aromatic N) is 4. The molecule has 0 bridgehead atoms. The van der Waals surface area contributed by atoms with E-state index in [4.69, 9.17) is 4.42 Å². The molecule has 1 aliphatic carbocycles. The molecule has 5 rings (SSSR count). The number of aryl methyl sites for hydroxylation is 2. The van der Waals surface area contributed by atoms with E-state index in [-0.39, 0.29) is 11.4 Å². The zero-order valence-corrected chi connectivity index (χ0v) is 17.6. The van der Waals surface area contributed by atoms with Crippen LogP contribution in [0.4, 0.5) is 10.4 Å². The van der Waals surface area contributed by atoms with Gasteiger partial charge in [-0.3, -0.25) is 9.69 Å². The van der Waals surface area contributed by atoms with Gasteiger partial charge in [-0.15, -0.1) is 0 Å². The Hall–Kier alpha value is -2.74. The first-order chi connectivity index (χ1) is 15.2. The summed E-state index contributed by atoms with van der Waals surface area (Å²) < 4.78 is 20.7. The number of rotatable bonds is 6. The summed E-state index contributed by atoms with van der Waals surface area (Å²) in [6.07, 6.45) is 7.66. The van der Waals surface area contributed by atoms with Gasteiger partial charge in [0.05, 0.1) is 12.2 Å². The molecule has 1 unspecified atom stereocenters. The van der Waals surface area contributed by atoms with Crippen molar-refractivity contribution in [3.8, 4) is 0 Å². The van der Waals surface area contributed by atoms with Gasteiger partial charge in [-0.25, -0.2) is 9.07 Å². The molecule has 1 aromatic carbocycles. The summed E-state index contributed by atoms with van der Waals surface area (Å²) in [6, 6.07) is 6.87. The van der Waals surface area contributed by atoms with Crippen LogP contribution in [0.15, 0.2) is 33.5 Å². The van der Waals surface area contributed by atoms with Crippen LogP contribution in [0.25, 0.3) is 11.1 Å². The number of piperidine rings is 1. The van der Waals surface area contributed by atoms with Crippen LogP contribution >= 0.6 is 0 Å². The molecule has 31 heavy (non-hydrogen) atoms. The molecule has 2 aromatic heterocycles. The highest BCUT2D eigenvalue weighted by Crippen LogP contribution is 2.22. The predicted octanol–water partition coefficient (Wildman–Crippen LogP) is 3.37. The third-order valence-corrected chi connectivity index (χ3v) is 6.46. The Morgan fingerprint density at radius 1 is 1.13 bits per heavy atom. The maximum Gasteiger partial charge on any atom is 0.295 e. The number of hydrogen-bond acceptors (Lipinski definition) is 6. The van der Waals surface area contributed by atoms with Gasteiger partial charge in [-0.05, 0) is 62.8 Å². The smallest absolute Gasteiger partial charge is 0.295 e. The molecule has 8 heteroatoms. The predicted molar refractivity (Wildman–Crippen MR) is 117 cm³/mol. The van der Waals surface area contributed by atoms with Gasteiger partial charge >= 0.3 is 0 Å². The van der Waals surface area contributed by atoms with Crippen molar-refractivity contribution in [1.82, 2.24) is 19.7 Å². The maximum absolute atomic E-state index is 13.4. The Labute approximate surface area is 180 Å².